The first-order chi connectivity index (χ1) is 30.8. The highest BCUT2D eigenvalue weighted by Gasteiger charge is 2.72. The molecule has 12 N–H and O–H groups in total. The maximum atomic E-state index is 12.7. The van der Waals surface area contributed by atoms with Gasteiger partial charge in [-0.15, -0.1) is 0 Å². The van der Waals surface area contributed by atoms with Gasteiger partial charge in [-0.25, -0.2) is 0 Å². The molecule has 3 heterocycles. The molecule has 0 aromatic heterocycles. The number of fused-ring (bicyclic) bond motifs is 5. The van der Waals surface area contributed by atoms with Crippen LogP contribution in [-0.2, 0) is 28.4 Å². The summed E-state index contributed by atoms with van der Waals surface area (Å²) in [6.45, 7) is 15.8. The molecular weight excluding hydrogens is 865 g/mol. The predicted octanol–water partition coefficient (Wildman–Crippen LogP) is -0.0268. The Morgan fingerprint density at radius 2 is 1.15 bits per heavy atom. The van der Waals surface area contributed by atoms with Crippen molar-refractivity contribution in [3.05, 3.63) is 11.6 Å². The van der Waals surface area contributed by atoms with Crippen LogP contribution in [0.5, 0.6) is 0 Å². The third kappa shape index (κ3) is 8.90. The molecule has 3 saturated heterocycles. The van der Waals surface area contributed by atoms with E-state index in [1.54, 1.807) is 0 Å². The van der Waals surface area contributed by atoms with Crippen molar-refractivity contribution < 1.29 is 89.7 Å². The Bertz CT molecular complexity index is 1680. The Morgan fingerprint density at radius 1 is 0.621 bits per heavy atom. The number of aliphatic hydroxyl groups is 12. The third-order valence-corrected chi connectivity index (χ3v) is 18.8. The third-order valence-electron chi connectivity index (χ3n) is 18.8. The van der Waals surface area contributed by atoms with Gasteiger partial charge in [-0.1, -0.05) is 46.3 Å². The second kappa shape index (κ2) is 19.6. The molecule has 3 aliphatic heterocycles. The normalized spacial score (nSPS) is 52.4. The van der Waals surface area contributed by atoms with Gasteiger partial charge in [0.2, 0.25) is 0 Å². The molecule has 382 valence electrons. The fourth-order valence-electron chi connectivity index (χ4n) is 14.8. The molecule has 0 amide bonds. The summed E-state index contributed by atoms with van der Waals surface area (Å²) in [4.78, 5) is 0. The summed E-state index contributed by atoms with van der Waals surface area (Å²) in [7, 11) is 0. The SMILES string of the molecule is CC(C)=CCC[C@](C)(OC1OC(COC2OC(CO)C(O)C(O)C2O)C(O)C(O)C1O)C1CC[C@]2(C)C1C(O)CC1[C@@]3(C)CCC(OC4OC(CO)C(O)C(O)C4O)C(C)(C)C3CC[C@]12C. The first-order valence-electron chi connectivity index (χ1n) is 24.4. The van der Waals surface area contributed by atoms with Crippen LogP contribution in [0, 0.1) is 45.3 Å². The van der Waals surface area contributed by atoms with Gasteiger partial charge < -0.3 is 89.7 Å². The molecule has 21 unspecified atom stereocenters. The maximum absolute atomic E-state index is 12.7. The van der Waals surface area contributed by atoms with Crippen LogP contribution in [0.25, 0.3) is 0 Å². The molecule has 4 saturated carbocycles. The molecule has 7 aliphatic rings. The van der Waals surface area contributed by atoms with Gasteiger partial charge in [0.05, 0.1) is 37.6 Å². The van der Waals surface area contributed by atoms with Gasteiger partial charge in [-0.05, 0) is 124 Å². The van der Waals surface area contributed by atoms with Gasteiger partial charge >= 0.3 is 0 Å². The zero-order chi connectivity index (χ0) is 48.6. The number of hydrogen-bond acceptors (Lipinski definition) is 18. The van der Waals surface area contributed by atoms with Crippen molar-refractivity contribution in [1.29, 1.82) is 0 Å². The first kappa shape index (κ1) is 52.8. The fourth-order valence-corrected chi connectivity index (χ4v) is 14.8. The van der Waals surface area contributed by atoms with E-state index < -0.39 is 129 Å². The highest BCUT2D eigenvalue weighted by Crippen LogP contribution is 2.76. The standard InChI is InChI=1S/C48H82O18/c1-22(2)10-9-14-48(8,66-43-40(60)37(57)34(54)27(64-43)21-61-41-38(58)35(55)32(52)25(19-49)62-41)23-11-16-47(7)31(23)24(51)18-29-45(5)15-13-30(44(3,4)28(45)12-17-46(29,47)6)65-42-39(59)36(56)33(53)26(20-50)63-42/h10,23-43,49-60H,9,11-21H2,1-8H3/t23?,24?,25?,26?,27?,28?,29?,30?,31?,32?,33?,34?,35?,36?,37?,38?,39?,40?,41?,42?,43?,45-,46+,47+,48-/m0/s1. The molecule has 0 aromatic rings. The first-order valence-corrected chi connectivity index (χ1v) is 24.4. The summed E-state index contributed by atoms with van der Waals surface area (Å²) in [5, 5.41) is 129. The molecule has 66 heavy (non-hydrogen) atoms. The minimum absolute atomic E-state index is 0.133. The average molecular weight is 947 g/mol. The van der Waals surface area contributed by atoms with E-state index in [0.29, 0.717) is 32.1 Å². The molecule has 4 aliphatic carbocycles. The van der Waals surface area contributed by atoms with Gasteiger partial charge in [0.25, 0.3) is 0 Å². The van der Waals surface area contributed by atoms with E-state index in [2.05, 4.69) is 40.7 Å². The van der Waals surface area contributed by atoms with Gasteiger partial charge in [-0.2, -0.15) is 0 Å². The van der Waals surface area contributed by atoms with Crippen LogP contribution in [0.4, 0.5) is 0 Å². The van der Waals surface area contributed by atoms with Gasteiger partial charge in [0.1, 0.15) is 73.2 Å². The van der Waals surface area contributed by atoms with Crippen LogP contribution < -0.4 is 0 Å². The minimum atomic E-state index is -1.72. The Balaban J connectivity index is 1.11. The Labute approximate surface area is 388 Å². The zero-order valence-corrected chi connectivity index (χ0v) is 40.0. The molecule has 18 nitrogen and oxygen atoms in total. The van der Waals surface area contributed by atoms with Crippen molar-refractivity contribution in [3.63, 3.8) is 0 Å². The van der Waals surface area contributed by atoms with E-state index in [4.69, 9.17) is 28.4 Å². The topological polar surface area (TPSA) is 298 Å². The van der Waals surface area contributed by atoms with Crippen LogP contribution >= 0.6 is 0 Å². The van der Waals surface area contributed by atoms with Crippen molar-refractivity contribution in [2.45, 2.75) is 223 Å². The van der Waals surface area contributed by atoms with Crippen LogP contribution in [0.3, 0.4) is 0 Å². The summed E-state index contributed by atoms with van der Waals surface area (Å²) in [6.07, 6.45) is -14.9. The zero-order valence-electron chi connectivity index (χ0n) is 40.0. The summed E-state index contributed by atoms with van der Waals surface area (Å²) in [5.41, 5.74) is -1.06. The van der Waals surface area contributed by atoms with Crippen molar-refractivity contribution >= 4 is 0 Å². The summed E-state index contributed by atoms with van der Waals surface area (Å²) < 4.78 is 36.6. The van der Waals surface area contributed by atoms with E-state index in [1.807, 2.05) is 20.8 Å². The van der Waals surface area contributed by atoms with E-state index in [9.17, 15) is 61.3 Å². The summed E-state index contributed by atoms with van der Waals surface area (Å²) >= 11 is 0. The Kier molecular flexibility index (Phi) is 15.7. The molecule has 0 bridgehead atoms. The highest BCUT2D eigenvalue weighted by molar-refractivity contribution is 5.20. The molecule has 0 spiro atoms. The second-order valence-electron chi connectivity index (χ2n) is 22.9. The largest absolute Gasteiger partial charge is 0.394 e. The van der Waals surface area contributed by atoms with Crippen LogP contribution in [0.2, 0.25) is 0 Å². The molecule has 7 rings (SSSR count). The van der Waals surface area contributed by atoms with Crippen molar-refractivity contribution in [3.8, 4) is 0 Å². The average Bonchev–Trinajstić information content (AvgIpc) is 3.65. The van der Waals surface area contributed by atoms with Crippen LogP contribution in [0.15, 0.2) is 11.6 Å². The predicted molar refractivity (Wildman–Crippen MR) is 234 cm³/mol. The Morgan fingerprint density at radius 3 is 1.74 bits per heavy atom. The number of ether oxygens (including phenoxy) is 6. The Hall–Kier alpha value is -0.980. The van der Waals surface area contributed by atoms with E-state index in [0.717, 1.165) is 31.3 Å². The van der Waals surface area contributed by atoms with E-state index in [1.165, 1.54) is 0 Å². The van der Waals surface area contributed by atoms with Gasteiger partial charge in [-0.3, -0.25) is 0 Å². The number of allylic oxidation sites excluding steroid dienone is 2. The molecule has 7 fully saturated rings. The van der Waals surface area contributed by atoms with Gasteiger partial charge in [0, 0.05) is 0 Å². The highest BCUT2D eigenvalue weighted by atomic mass is 16.7. The summed E-state index contributed by atoms with van der Waals surface area (Å²) in [5.74, 6) is -0.128. The maximum Gasteiger partial charge on any atom is 0.187 e. The molecule has 25 atom stereocenters. The lowest BCUT2D eigenvalue weighted by Crippen LogP contribution is -2.67. The van der Waals surface area contributed by atoms with E-state index >= 15 is 0 Å². The quantitative estimate of drug-likeness (QED) is 0.0853. The smallest absolute Gasteiger partial charge is 0.187 e. The second-order valence-corrected chi connectivity index (χ2v) is 22.9. The van der Waals surface area contributed by atoms with E-state index in [-0.39, 0.29) is 46.0 Å². The monoisotopic (exact) mass is 947 g/mol. The number of aliphatic hydroxyl groups excluding tert-OH is 12. The lowest BCUT2D eigenvalue weighted by Gasteiger charge is -2.71. The van der Waals surface area contributed by atoms with Crippen molar-refractivity contribution in [1.82, 2.24) is 0 Å². The van der Waals surface area contributed by atoms with Crippen LogP contribution in [0.1, 0.15) is 113 Å². The van der Waals surface area contributed by atoms with Crippen molar-refractivity contribution in [2.24, 2.45) is 45.3 Å². The number of hydrogen-bond donors (Lipinski definition) is 12. The molecule has 18 heteroatoms. The molecule has 0 radical (unpaired) electrons. The lowest BCUT2D eigenvalue weighted by molar-refractivity contribution is -0.350. The molecule has 0 aromatic carbocycles. The number of rotatable bonds is 13. The lowest BCUT2D eigenvalue weighted by atomic mass is 9.35. The fraction of sp³-hybridized carbons (Fsp3) is 0.958. The molecular formula is C48H82O18. The van der Waals surface area contributed by atoms with Gasteiger partial charge in [0.15, 0.2) is 18.9 Å². The summed E-state index contributed by atoms with van der Waals surface area (Å²) in [6, 6.07) is 0. The van der Waals surface area contributed by atoms with Crippen molar-refractivity contribution in [2.75, 3.05) is 19.8 Å². The minimum Gasteiger partial charge on any atom is -0.394 e. The van der Waals surface area contributed by atoms with Crippen LogP contribution in [-0.4, -0.2) is 191 Å².